The van der Waals surface area contributed by atoms with Crippen molar-refractivity contribution in [3.63, 3.8) is 0 Å². The lowest BCUT2D eigenvalue weighted by Crippen LogP contribution is -2.16. The minimum absolute atomic E-state index is 0.174. The third-order valence-corrected chi connectivity index (χ3v) is 2.93. The molecular formula is C13H15ClFN3. The second-order valence-electron chi connectivity index (χ2n) is 4.08. The van der Waals surface area contributed by atoms with Gasteiger partial charge in [0, 0.05) is 25.5 Å². The summed E-state index contributed by atoms with van der Waals surface area (Å²) >= 11 is 5.71. The van der Waals surface area contributed by atoms with E-state index in [1.54, 1.807) is 24.7 Å². The van der Waals surface area contributed by atoms with Gasteiger partial charge in [-0.1, -0.05) is 17.7 Å². The summed E-state index contributed by atoms with van der Waals surface area (Å²) in [5.41, 5.74) is 0.990. The Morgan fingerprint density at radius 2 is 2.28 bits per heavy atom. The quantitative estimate of drug-likeness (QED) is 0.816. The summed E-state index contributed by atoms with van der Waals surface area (Å²) in [5, 5.41) is 3.47. The van der Waals surface area contributed by atoms with Crippen LogP contribution in [-0.2, 0) is 13.1 Å². The molecule has 1 aromatic heterocycles. The first kappa shape index (κ1) is 13.1. The lowest BCUT2D eigenvalue weighted by Gasteiger charge is -2.06. The third-order valence-electron chi connectivity index (χ3n) is 2.64. The van der Waals surface area contributed by atoms with Crippen LogP contribution in [0.1, 0.15) is 12.0 Å². The van der Waals surface area contributed by atoms with Gasteiger partial charge in [-0.25, -0.2) is 9.37 Å². The Bertz CT molecular complexity index is 485. The fourth-order valence-corrected chi connectivity index (χ4v) is 1.89. The summed E-state index contributed by atoms with van der Waals surface area (Å²) in [6.07, 6.45) is 6.54. The molecule has 3 nitrogen and oxygen atoms in total. The summed E-state index contributed by atoms with van der Waals surface area (Å²) in [6, 6.07) is 4.79. The molecule has 0 unspecified atom stereocenters. The lowest BCUT2D eigenvalue weighted by molar-refractivity contribution is 0.579. The number of hydrogen-bond acceptors (Lipinski definition) is 2. The van der Waals surface area contributed by atoms with Crippen molar-refractivity contribution in [2.45, 2.75) is 19.5 Å². The highest BCUT2D eigenvalue weighted by molar-refractivity contribution is 6.30. The second kappa shape index (κ2) is 6.52. The Kier molecular flexibility index (Phi) is 4.73. The summed E-state index contributed by atoms with van der Waals surface area (Å²) in [5.74, 6) is -0.375. The van der Waals surface area contributed by atoms with Crippen molar-refractivity contribution in [1.82, 2.24) is 14.9 Å². The molecule has 96 valence electrons. The SMILES string of the molecule is Fc1ccc(CNCCCn2ccnc2)cc1Cl. The monoisotopic (exact) mass is 267 g/mol. The Morgan fingerprint density at radius 1 is 1.39 bits per heavy atom. The van der Waals surface area contributed by atoms with Gasteiger partial charge in [0.25, 0.3) is 0 Å². The van der Waals surface area contributed by atoms with Crippen LogP contribution >= 0.6 is 11.6 Å². The molecule has 2 aromatic rings. The number of aryl methyl sites for hydroxylation is 1. The van der Waals surface area contributed by atoms with Gasteiger partial charge in [0.05, 0.1) is 11.3 Å². The van der Waals surface area contributed by atoms with E-state index in [-0.39, 0.29) is 10.8 Å². The maximum Gasteiger partial charge on any atom is 0.141 e. The molecule has 0 saturated carbocycles. The highest BCUT2D eigenvalue weighted by Gasteiger charge is 2.00. The zero-order valence-corrected chi connectivity index (χ0v) is 10.7. The molecule has 0 spiro atoms. The fraction of sp³-hybridized carbons (Fsp3) is 0.308. The molecular weight excluding hydrogens is 253 g/mol. The fourth-order valence-electron chi connectivity index (χ4n) is 1.69. The van der Waals surface area contributed by atoms with Crippen LogP contribution in [0.15, 0.2) is 36.9 Å². The predicted octanol–water partition coefficient (Wildman–Crippen LogP) is 2.86. The van der Waals surface area contributed by atoms with Gasteiger partial charge >= 0.3 is 0 Å². The minimum Gasteiger partial charge on any atom is -0.337 e. The second-order valence-corrected chi connectivity index (χ2v) is 4.49. The van der Waals surface area contributed by atoms with Crippen LogP contribution in [0, 0.1) is 5.82 Å². The molecule has 5 heteroatoms. The largest absolute Gasteiger partial charge is 0.337 e. The van der Waals surface area contributed by atoms with Crippen LogP contribution in [0.2, 0.25) is 5.02 Å². The molecule has 0 radical (unpaired) electrons. The van der Waals surface area contributed by atoms with Crippen molar-refractivity contribution in [3.8, 4) is 0 Å². The Morgan fingerprint density at radius 3 is 3.00 bits per heavy atom. The van der Waals surface area contributed by atoms with Crippen LogP contribution in [0.4, 0.5) is 4.39 Å². The van der Waals surface area contributed by atoms with Gasteiger partial charge in [-0.3, -0.25) is 0 Å². The van der Waals surface area contributed by atoms with Gasteiger partial charge in [0.2, 0.25) is 0 Å². The van der Waals surface area contributed by atoms with Crippen LogP contribution in [0.5, 0.6) is 0 Å². The number of rotatable bonds is 6. The molecule has 0 amide bonds. The molecule has 0 bridgehead atoms. The number of imidazole rings is 1. The smallest absolute Gasteiger partial charge is 0.141 e. The van der Waals surface area contributed by atoms with Gasteiger partial charge in [-0.15, -0.1) is 0 Å². The average molecular weight is 268 g/mol. The van der Waals surface area contributed by atoms with Crippen LogP contribution in [0.3, 0.4) is 0 Å². The van der Waals surface area contributed by atoms with Crippen LogP contribution in [-0.4, -0.2) is 16.1 Å². The van der Waals surface area contributed by atoms with Gasteiger partial charge in [0.1, 0.15) is 5.82 Å². The summed E-state index contributed by atoms with van der Waals surface area (Å²) in [7, 11) is 0. The summed E-state index contributed by atoms with van der Waals surface area (Å²) in [4.78, 5) is 3.98. The van der Waals surface area contributed by atoms with Crippen LogP contribution < -0.4 is 5.32 Å². The lowest BCUT2D eigenvalue weighted by atomic mass is 10.2. The maximum absolute atomic E-state index is 12.9. The van der Waals surface area contributed by atoms with E-state index in [0.29, 0.717) is 6.54 Å². The summed E-state index contributed by atoms with van der Waals surface area (Å²) in [6.45, 7) is 2.54. The molecule has 0 aliphatic rings. The molecule has 1 N–H and O–H groups in total. The number of hydrogen-bond donors (Lipinski definition) is 1. The van der Waals surface area contributed by atoms with Gasteiger partial charge in [0.15, 0.2) is 0 Å². The van der Waals surface area contributed by atoms with Gasteiger partial charge in [-0.2, -0.15) is 0 Å². The van der Waals surface area contributed by atoms with E-state index < -0.39 is 0 Å². The molecule has 2 rings (SSSR count). The van der Waals surface area contributed by atoms with Crippen molar-refractivity contribution in [2.24, 2.45) is 0 Å². The molecule has 1 aromatic carbocycles. The predicted molar refractivity (Wildman–Crippen MR) is 70.0 cm³/mol. The van der Waals surface area contributed by atoms with E-state index in [9.17, 15) is 4.39 Å². The number of nitrogens with zero attached hydrogens (tertiary/aromatic N) is 2. The van der Waals surface area contributed by atoms with E-state index in [0.717, 1.165) is 25.1 Å². The molecule has 1 heterocycles. The highest BCUT2D eigenvalue weighted by atomic mass is 35.5. The zero-order valence-electron chi connectivity index (χ0n) is 9.94. The van der Waals surface area contributed by atoms with Crippen molar-refractivity contribution in [2.75, 3.05) is 6.54 Å². The average Bonchev–Trinajstić information content (AvgIpc) is 2.86. The molecule has 0 aliphatic carbocycles. The molecule has 0 fully saturated rings. The van der Waals surface area contributed by atoms with Crippen molar-refractivity contribution in [3.05, 3.63) is 53.3 Å². The van der Waals surface area contributed by atoms with E-state index in [1.807, 2.05) is 10.8 Å². The Labute approximate surface area is 111 Å². The topological polar surface area (TPSA) is 29.9 Å². The van der Waals surface area contributed by atoms with Crippen LogP contribution in [0.25, 0.3) is 0 Å². The molecule has 0 aliphatic heterocycles. The standard InChI is InChI=1S/C13H15ClFN3/c14-12-8-11(2-3-13(12)15)9-16-4-1-6-18-7-5-17-10-18/h2-3,5,7-8,10,16H,1,4,6,9H2. The van der Waals surface area contributed by atoms with Gasteiger partial charge < -0.3 is 9.88 Å². The first-order chi connectivity index (χ1) is 8.75. The van der Waals surface area contributed by atoms with E-state index in [2.05, 4.69) is 10.3 Å². The highest BCUT2D eigenvalue weighted by Crippen LogP contribution is 2.15. The number of nitrogens with one attached hydrogen (secondary N) is 1. The maximum atomic E-state index is 12.9. The van der Waals surface area contributed by atoms with E-state index in [4.69, 9.17) is 11.6 Å². The van der Waals surface area contributed by atoms with Crippen molar-refractivity contribution in [1.29, 1.82) is 0 Å². The number of benzene rings is 1. The third kappa shape index (κ3) is 3.82. The number of halogens is 2. The first-order valence-corrected chi connectivity index (χ1v) is 6.24. The number of aromatic nitrogens is 2. The van der Waals surface area contributed by atoms with Gasteiger partial charge in [-0.05, 0) is 30.7 Å². The first-order valence-electron chi connectivity index (χ1n) is 5.86. The zero-order chi connectivity index (χ0) is 12.8. The Balaban J connectivity index is 1.67. The van der Waals surface area contributed by atoms with E-state index in [1.165, 1.54) is 6.07 Å². The van der Waals surface area contributed by atoms with Crippen molar-refractivity contribution >= 4 is 11.6 Å². The molecule has 0 saturated heterocycles. The van der Waals surface area contributed by atoms with Crippen molar-refractivity contribution < 1.29 is 4.39 Å². The molecule has 0 atom stereocenters. The van der Waals surface area contributed by atoms with E-state index >= 15 is 0 Å². The minimum atomic E-state index is -0.375. The normalized spacial score (nSPS) is 10.8. The Hall–Kier alpha value is -1.39. The summed E-state index contributed by atoms with van der Waals surface area (Å²) < 4.78 is 15.0. The molecule has 18 heavy (non-hydrogen) atoms.